The maximum absolute atomic E-state index is 6.00. The van der Waals surface area contributed by atoms with Crippen LogP contribution < -0.4 is 0 Å². The molecule has 110 valence electrons. The van der Waals surface area contributed by atoms with Crippen LogP contribution >= 0.6 is 0 Å². The Balaban J connectivity index is 1.65. The number of imidazole rings is 1. The summed E-state index contributed by atoms with van der Waals surface area (Å²) in [5.41, 5.74) is 3.56. The van der Waals surface area contributed by atoms with Crippen molar-refractivity contribution >= 4 is 0 Å². The van der Waals surface area contributed by atoms with Gasteiger partial charge in [0.15, 0.2) is 5.82 Å². The van der Waals surface area contributed by atoms with Gasteiger partial charge < -0.3 is 9.30 Å². The van der Waals surface area contributed by atoms with Crippen LogP contribution in [-0.2, 0) is 17.7 Å². The zero-order valence-electron chi connectivity index (χ0n) is 12.2. The van der Waals surface area contributed by atoms with Crippen LogP contribution in [-0.4, -0.2) is 21.1 Å². The van der Waals surface area contributed by atoms with E-state index in [1.54, 1.807) is 6.20 Å². The van der Waals surface area contributed by atoms with E-state index in [0.29, 0.717) is 0 Å². The van der Waals surface area contributed by atoms with Gasteiger partial charge in [0, 0.05) is 18.6 Å². The van der Waals surface area contributed by atoms with Gasteiger partial charge in [-0.3, -0.25) is 4.98 Å². The first kappa shape index (κ1) is 13.2. The fourth-order valence-corrected chi connectivity index (χ4v) is 2.99. The monoisotopic (exact) mass is 291 g/mol. The molecular weight excluding hydrogens is 274 g/mol. The first-order valence-corrected chi connectivity index (χ1v) is 7.54. The molecule has 2 aromatic heterocycles. The van der Waals surface area contributed by atoms with Crippen molar-refractivity contribution in [1.29, 1.82) is 0 Å². The highest BCUT2D eigenvalue weighted by Crippen LogP contribution is 2.29. The molecular formula is C18H17N3O. The molecule has 1 aliphatic rings. The Bertz CT molecular complexity index is 767. The maximum atomic E-state index is 6.00. The van der Waals surface area contributed by atoms with Gasteiger partial charge in [0.2, 0.25) is 0 Å². The summed E-state index contributed by atoms with van der Waals surface area (Å²) >= 11 is 0. The molecule has 0 spiro atoms. The molecule has 1 aromatic carbocycles. The summed E-state index contributed by atoms with van der Waals surface area (Å²) in [4.78, 5) is 8.85. The molecule has 4 nitrogen and oxygen atoms in total. The summed E-state index contributed by atoms with van der Waals surface area (Å²) in [5.74, 6) is 0.882. The highest BCUT2D eigenvalue weighted by molar-refractivity contribution is 5.49. The number of fused-ring (bicyclic) bond motifs is 1. The molecule has 0 bridgehead atoms. The van der Waals surface area contributed by atoms with Gasteiger partial charge in [-0.2, -0.15) is 0 Å². The summed E-state index contributed by atoms with van der Waals surface area (Å²) in [6.07, 6.45) is 6.66. The zero-order chi connectivity index (χ0) is 14.8. The van der Waals surface area contributed by atoms with Gasteiger partial charge in [-0.25, -0.2) is 4.98 Å². The maximum Gasteiger partial charge on any atom is 0.158 e. The lowest BCUT2D eigenvalue weighted by molar-refractivity contribution is 0.0309. The van der Waals surface area contributed by atoms with Crippen molar-refractivity contribution in [3.63, 3.8) is 0 Å². The van der Waals surface area contributed by atoms with Crippen molar-refractivity contribution in [2.75, 3.05) is 6.61 Å². The summed E-state index contributed by atoms with van der Waals surface area (Å²) in [5, 5.41) is 0. The molecule has 0 N–H and O–H groups in total. The molecule has 0 aliphatic carbocycles. The normalized spacial score (nSPS) is 17.2. The Kier molecular flexibility index (Phi) is 3.45. The largest absolute Gasteiger partial charge is 0.371 e. The number of hydrogen-bond donors (Lipinski definition) is 0. The smallest absolute Gasteiger partial charge is 0.158 e. The number of hydrogen-bond acceptors (Lipinski definition) is 3. The van der Waals surface area contributed by atoms with Crippen molar-refractivity contribution < 1.29 is 4.74 Å². The van der Waals surface area contributed by atoms with Gasteiger partial charge in [0.25, 0.3) is 0 Å². The van der Waals surface area contributed by atoms with Crippen LogP contribution in [0.4, 0.5) is 0 Å². The van der Waals surface area contributed by atoms with E-state index in [1.165, 1.54) is 11.1 Å². The molecule has 0 saturated heterocycles. The number of nitrogens with zero attached hydrogens (tertiary/aromatic N) is 3. The molecule has 4 heteroatoms. The van der Waals surface area contributed by atoms with Gasteiger partial charge in [-0.05, 0) is 29.7 Å². The van der Waals surface area contributed by atoms with E-state index in [9.17, 15) is 0 Å². The van der Waals surface area contributed by atoms with Crippen molar-refractivity contribution in [2.45, 2.75) is 19.1 Å². The number of rotatable bonds is 3. The van der Waals surface area contributed by atoms with Gasteiger partial charge >= 0.3 is 0 Å². The molecule has 0 unspecified atom stereocenters. The molecule has 4 rings (SSSR count). The van der Waals surface area contributed by atoms with Crippen molar-refractivity contribution in [2.24, 2.45) is 0 Å². The first-order valence-electron chi connectivity index (χ1n) is 7.54. The minimum absolute atomic E-state index is 0.0709. The second-order valence-electron chi connectivity index (χ2n) is 5.43. The summed E-state index contributed by atoms with van der Waals surface area (Å²) in [6.45, 7) is 1.53. The van der Waals surface area contributed by atoms with Crippen LogP contribution in [0.1, 0.15) is 17.2 Å². The minimum Gasteiger partial charge on any atom is -0.371 e. The highest BCUT2D eigenvalue weighted by atomic mass is 16.5. The molecule has 1 aliphatic heterocycles. The Hall–Kier alpha value is -2.46. The molecule has 0 fully saturated rings. The van der Waals surface area contributed by atoms with E-state index < -0.39 is 0 Å². The van der Waals surface area contributed by atoms with Gasteiger partial charge in [0.1, 0.15) is 11.8 Å². The minimum atomic E-state index is 0.0709. The summed E-state index contributed by atoms with van der Waals surface area (Å²) in [6, 6.07) is 14.4. The first-order chi connectivity index (χ1) is 10.9. The molecule has 22 heavy (non-hydrogen) atoms. The Morgan fingerprint density at radius 2 is 1.95 bits per heavy atom. The molecule has 1 atom stereocenters. The number of pyridine rings is 1. The number of ether oxygens (including phenoxy) is 1. The lowest BCUT2D eigenvalue weighted by Gasteiger charge is -2.26. The average Bonchev–Trinajstić information content (AvgIpc) is 3.04. The quantitative estimate of drug-likeness (QED) is 0.743. The third kappa shape index (κ3) is 2.42. The van der Waals surface area contributed by atoms with Crippen molar-refractivity contribution in [3.05, 3.63) is 72.2 Å². The van der Waals surface area contributed by atoms with Crippen LogP contribution in [0, 0.1) is 0 Å². The van der Waals surface area contributed by atoms with Crippen LogP contribution in [0.3, 0.4) is 0 Å². The third-order valence-electron chi connectivity index (χ3n) is 4.06. The van der Waals surface area contributed by atoms with Crippen LogP contribution in [0.2, 0.25) is 0 Å². The van der Waals surface area contributed by atoms with E-state index in [2.05, 4.69) is 38.8 Å². The Morgan fingerprint density at radius 3 is 2.86 bits per heavy atom. The standard InChI is InChI=1S/C18H17N3O/c1-2-6-15-14(5-1)8-12-22-17(15)13-21-11-10-20-18(21)16-7-3-4-9-19-16/h1-7,9-11,17H,8,12-13H2/t17-/m1/s1. The fourth-order valence-electron chi connectivity index (χ4n) is 2.99. The fraction of sp³-hybridized carbons (Fsp3) is 0.222. The van der Waals surface area contributed by atoms with Crippen LogP contribution in [0.25, 0.3) is 11.5 Å². The predicted octanol–water partition coefficient (Wildman–Crippen LogP) is 3.26. The van der Waals surface area contributed by atoms with E-state index in [-0.39, 0.29) is 6.10 Å². The third-order valence-corrected chi connectivity index (χ3v) is 4.06. The number of benzene rings is 1. The lowest BCUT2D eigenvalue weighted by atomic mass is 9.97. The molecule has 0 amide bonds. The lowest BCUT2D eigenvalue weighted by Crippen LogP contribution is -2.20. The summed E-state index contributed by atoms with van der Waals surface area (Å²) < 4.78 is 8.12. The Labute approximate surface area is 129 Å². The topological polar surface area (TPSA) is 39.9 Å². The highest BCUT2D eigenvalue weighted by Gasteiger charge is 2.22. The predicted molar refractivity (Wildman–Crippen MR) is 84.3 cm³/mol. The Morgan fingerprint density at radius 1 is 1.05 bits per heavy atom. The van der Waals surface area contributed by atoms with Crippen molar-refractivity contribution in [1.82, 2.24) is 14.5 Å². The van der Waals surface area contributed by atoms with Gasteiger partial charge in [-0.15, -0.1) is 0 Å². The second kappa shape index (κ2) is 5.73. The molecule has 3 heterocycles. The SMILES string of the molecule is c1ccc(-c2nccn2C[C@H]2OCCc3ccccc32)nc1. The van der Waals surface area contributed by atoms with E-state index in [4.69, 9.17) is 4.74 Å². The van der Waals surface area contributed by atoms with E-state index in [1.807, 2.05) is 30.6 Å². The average molecular weight is 291 g/mol. The van der Waals surface area contributed by atoms with Crippen molar-refractivity contribution in [3.8, 4) is 11.5 Å². The van der Waals surface area contributed by atoms with Gasteiger partial charge in [0.05, 0.1) is 13.2 Å². The second-order valence-corrected chi connectivity index (χ2v) is 5.43. The van der Waals surface area contributed by atoms with Crippen LogP contribution in [0.15, 0.2) is 61.1 Å². The van der Waals surface area contributed by atoms with E-state index in [0.717, 1.165) is 31.1 Å². The zero-order valence-corrected chi connectivity index (χ0v) is 12.2. The van der Waals surface area contributed by atoms with E-state index >= 15 is 0 Å². The van der Waals surface area contributed by atoms with Gasteiger partial charge in [-0.1, -0.05) is 30.3 Å². The molecule has 0 saturated carbocycles. The van der Waals surface area contributed by atoms with Crippen LogP contribution in [0.5, 0.6) is 0 Å². The summed E-state index contributed by atoms with van der Waals surface area (Å²) in [7, 11) is 0. The number of aromatic nitrogens is 3. The molecule has 0 radical (unpaired) electrons. The molecule has 3 aromatic rings.